The second-order valence-electron chi connectivity index (χ2n) is 9.59. The predicted molar refractivity (Wildman–Crippen MR) is 159 cm³/mol. The van der Waals surface area contributed by atoms with Gasteiger partial charge in [0.1, 0.15) is 22.1 Å². The van der Waals surface area contributed by atoms with Gasteiger partial charge in [0.05, 0.1) is 27.8 Å². The first-order chi connectivity index (χ1) is 19.3. The summed E-state index contributed by atoms with van der Waals surface area (Å²) in [5.41, 5.74) is 4.62. The van der Waals surface area contributed by atoms with Crippen molar-refractivity contribution in [3.05, 3.63) is 97.9 Å². The first-order valence-electron chi connectivity index (χ1n) is 13.2. The van der Waals surface area contributed by atoms with Gasteiger partial charge in [-0.25, -0.2) is 9.79 Å². The number of aliphatic hydroxyl groups excluding tert-OH is 1. The lowest BCUT2D eigenvalue weighted by Crippen LogP contribution is -2.19. The number of aryl methyl sites for hydroxylation is 1. The van der Waals surface area contributed by atoms with Gasteiger partial charge in [0.2, 0.25) is 0 Å². The third-order valence-corrected chi connectivity index (χ3v) is 7.99. The van der Waals surface area contributed by atoms with E-state index in [0.29, 0.717) is 27.0 Å². The van der Waals surface area contributed by atoms with Gasteiger partial charge in [-0.15, -0.1) is 0 Å². The number of carbonyl (C=O) groups excluding carboxylic acids is 1. The molecule has 9 nitrogen and oxygen atoms in total. The Kier molecular flexibility index (Phi) is 7.79. The molecular formula is C30H30N4O5S. The molecule has 0 aliphatic carbocycles. The van der Waals surface area contributed by atoms with Crippen molar-refractivity contribution in [2.24, 2.45) is 4.99 Å². The van der Waals surface area contributed by atoms with Gasteiger partial charge in [0, 0.05) is 30.5 Å². The SMILES string of the molecule is CCOC(=O)C1=C(O)/C(=C/c2cc(C)n(-c3ccc(N4CCCC4)c([N+](=O)[O-])c3)c2C)SC1=Nc1ccccc1. The third-order valence-electron chi connectivity index (χ3n) is 6.97. The molecule has 0 bridgehead atoms. The molecule has 0 unspecified atom stereocenters. The third kappa shape index (κ3) is 5.27. The quantitative estimate of drug-likeness (QED) is 0.193. The Morgan fingerprint density at radius 2 is 1.88 bits per heavy atom. The van der Waals surface area contributed by atoms with Crippen LogP contribution < -0.4 is 4.90 Å². The molecule has 2 aromatic carbocycles. The van der Waals surface area contributed by atoms with Gasteiger partial charge in [-0.3, -0.25) is 10.1 Å². The molecule has 5 rings (SSSR count). The van der Waals surface area contributed by atoms with E-state index in [-0.39, 0.29) is 28.5 Å². The van der Waals surface area contributed by atoms with E-state index in [1.807, 2.05) is 66.9 Å². The molecule has 206 valence electrons. The number of nitro benzene ring substituents is 1. The second-order valence-corrected chi connectivity index (χ2v) is 10.6. The van der Waals surface area contributed by atoms with E-state index >= 15 is 0 Å². The maximum atomic E-state index is 12.8. The first-order valence-corrected chi connectivity index (χ1v) is 14.0. The van der Waals surface area contributed by atoms with Crippen LogP contribution in [0, 0.1) is 24.0 Å². The van der Waals surface area contributed by atoms with E-state index in [4.69, 9.17) is 4.74 Å². The Balaban J connectivity index is 1.54. The highest BCUT2D eigenvalue weighted by Gasteiger charge is 2.33. The number of carbonyl (C=O) groups is 1. The van der Waals surface area contributed by atoms with Crippen LogP contribution in [0.4, 0.5) is 17.1 Å². The van der Waals surface area contributed by atoms with Gasteiger partial charge < -0.3 is 19.3 Å². The number of para-hydroxylation sites is 1. The van der Waals surface area contributed by atoms with Crippen LogP contribution in [0.3, 0.4) is 0 Å². The smallest absolute Gasteiger partial charge is 0.344 e. The molecular weight excluding hydrogens is 528 g/mol. The average Bonchev–Trinajstić information content (AvgIpc) is 3.64. The van der Waals surface area contributed by atoms with E-state index in [1.165, 1.54) is 11.8 Å². The highest BCUT2D eigenvalue weighted by atomic mass is 32.2. The number of nitro groups is 1. The lowest BCUT2D eigenvalue weighted by molar-refractivity contribution is -0.384. The second kappa shape index (κ2) is 11.4. The summed E-state index contributed by atoms with van der Waals surface area (Å²) in [7, 11) is 0. The molecule has 10 heteroatoms. The van der Waals surface area contributed by atoms with Crippen LogP contribution in [0.15, 0.2) is 75.8 Å². The van der Waals surface area contributed by atoms with Crippen molar-refractivity contribution < 1.29 is 19.6 Å². The van der Waals surface area contributed by atoms with Gasteiger partial charge in [0.15, 0.2) is 0 Å². The highest BCUT2D eigenvalue weighted by molar-refractivity contribution is 8.18. The normalized spacial score (nSPS) is 17.3. The topological polar surface area (TPSA) is 110 Å². The van der Waals surface area contributed by atoms with Crippen LogP contribution in [0.5, 0.6) is 0 Å². The number of aromatic nitrogens is 1. The van der Waals surface area contributed by atoms with E-state index in [2.05, 4.69) is 9.89 Å². The molecule has 1 saturated heterocycles. The molecule has 0 amide bonds. The molecule has 1 N–H and O–H groups in total. The zero-order chi connectivity index (χ0) is 28.4. The largest absolute Gasteiger partial charge is 0.506 e. The summed E-state index contributed by atoms with van der Waals surface area (Å²) in [6, 6.07) is 16.5. The number of ether oxygens (including phenoxy) is 1. The van der Waals surface area contributed by atoms with Crippen molar-refractivity contribution in [1.29, 1.82) is 0 Å². The first kappa shape index (κ1) is 27.3. The van der Waals surface area contributed by atoms with E-state index < -0.39 is 5.97 Å². The van der Waals surface area contributed by atoms with Gasteiger partial charge in [-0.2, -0.15) is 0 Å². The van der Waals surface area contributed by atoms with Crippen LogP contribution >= 0.6 is 11.8 Å². The Hall–Kier alpha value is -4.31. The predicted octanol–water partition coefficient (Wildman–Crippen LogP) is 6.80. The minimum absolute atomic E-state index is 0.0314. The average molecular weight is 559 g/mol. The number of aliphatic hydroxyl groups is 1. The van der Waals surface area contributed by atoms with Gasteiger partial charge >= 0.3 is 5.97 Å². The van der Waals surface area contributed by atoms with Crippen LogP contribution in [-0.4, -0.2) is 45.3 Å². The molecule has 40 heavy (non-hydrogen) atoms. The number of aliphatic imine (C=N–C) groups is 1. The number of thioether (sulfide) groups is 1. The van der Waals surface area contributed by atoms with Crippen LogP contribution in [0.1, 0.15) is 36.7 Å². The van der Waals surface area contributed by atoms with Gasteiger partial charge in [0.25, 0.3) is 5.69 Å². The molecule has 0 radical (unpaired) electrons. The molecule has 0 atom stereocenters. The summed E-state index contributed by atoms with van der Waals surface area (Å²) in [6.07, 6.45) is 3.86. The maximum absolute atomic E-state index is 12.8. The Morgan fingerprint density at radius 1 is 1.15 bits per heavy atom. The molecule has 0 saturated carbocycles. The lowest BCUT2D eigenvalue weighted by Gasteiger charge is -2.19. The Bertz CT molecular complexity index is 1570. The van der Waals surface area contributed by atoms with E-state index in [9.17, 15) is 20.0 Å². The van der Waals surface area contributed by atoms with Gasteiger partial charge in [-0.05, 0) is 75.6 Å². The Morgan fingerprint density at radius 3 is 2.55 bits per heavy atom. The fourth-order valence-corrected chi connectivity index (χ4v) is 6.13. The molecule has 2 aliphatic heterocycles. The number of esters is 1. The van der Waals surface area contributed by atoms with Crippen molar-refractivity contribution >= 4 is 45.9 Å². The summed E-state index contributed by atoms with van der Waals surface area (Å²) >= 11 is 1.19. The van der Waals surface area contributed by atoms with Crippen molar-refractivity contribution in [1.82, 2.24) is 4.57 Å². The maximum Gasteiger partial charge on any atom is 0.344 e. The van der Waals surface area contributed by atoms with Crippen molar-refractivity contribution in [3.63, 3.8) is 0 Å². The van der Waals surface area contributed by atoms with Crippen LogP contribution in [0.25, 0.3) is 11.8 Å². The summed E-state index contributed by atoms with van der Waals surface area (Å²) in [5.74, 6) is -0.824. The molecule has 2 aliphatic rings. The van der Waals surface area contributed by atoms with Crippen molar-refractivity contribution in [2.75, 3.05) is 24.6 Å². The number of rotatable bonds is 7. The zero-order valence-electron chi connectivity index (χ0n) is 22.6. The summed E-state index contributed by atoms with van der Waals surface area (Å²) in [5, 5.41) is 23.4. The fraction of sp³-hybridized carbons (Fsp3) is 0.267. The highest BCUT2D eigenvalue weighted by Crippen LogP contribution is 2.41. The lowest BCUT2D eigenvalue weighted by atomic mass is 10.1. The fourth-order valence-electron chi connectivity index (χ4n) is 5.11. The summed E-state index contributed by atoms with van der Waals surface area (Å²) in [6.45, 7) is 7.36. The molecule has 1 fully saturated rings. The van der Waals surface area contributed by atoms with Crippen LogP contribution in [-0.2, 0) is 9.53 Å². The summed E-state index contributed by atoms with van der Waals surface area (Å²) < 4.78 is 7.16. The zero-order valence-corrected chi connectivity index (χ0v) is 23.4. The number of nitrogens with zero attached hydrogens (tertiary/aromatic N) is 4. The standard InChI is InChI=1S/C30H30N4O5S/c1-4-39-30(36)27-28(35)26(40-29(27)31-22-10-6-5-7-11-22)17-21-16-19(2)33(20(21)3)23-12-13-24(25(18-23)34(37)38)32-14-8-9-15-32/h5-7,10-13,16-18,35H,4,8-9,14-15H2,1-3H3/b26-17-,31-29?. The minimum Gasteiger partial charge on any atom is -0.506 e. The number of anilines is 1. The minimum atomic E-state index is -0.638. The number of benzene rings is 2. The van der Waals surface area contributed by atoms with E-state index in [1.54, 1.807) is 19.1 Å². The Labute approximate surface area is 236 Å². The number of hydrogen-bond donors (Lipinski definition) is 1. The molecule has 1 aromatic heterocycles. The molecule has 3 aromatic rings. The van der Waals surface area contributed by atoms with Gasteiger partial charge in [-0.1, -0.05) is 30.0 Å². The molecule has 3 heterocycles. The van der Waals surface area contributed by atoms with E-state index in [0.717, 1.165) is 42.9 Å². The van der Waals surface area contributed by atoms with Crippen molar-refractivity contribution in [2.45, 2.75) is 33.6 Å². The van der Waals surface area contributed by atoms with Crippen LogP contribution in [0.2, 0.25) is 0 Å². The monoisotopic (exact) mass is 558 g/mol. The summed E-state index contributed by atoms with van der Waals surface area (Å²) in [4.78, 5) is 31.5. The molecule has 0 spiro atoms. The van der Waals surface area contributed by atoms with Crippen molar-refractivity contribution in [3.8, 4) is 5.69 Å². The number of hydrogen-bond acceptors (Lipinski definition) is 8.